The van der Waals surface area contributed by atoms with Crippen molar-refractivity contribution >= 4 is 8.07 Å². The third kappa shape index (κ3) is 7.33. The normalized spacial score (nSPS) is 13.0. The van der Waals surface area contributed by atoms with Crippen molar-refractivity contribution in [2.45, 2.75) is 45.8 Å². The molecule has 84 valence electrons. The van der Waals surface area contributed by atoms with Crippen molar-refractivity contribution in [3.63, 3.8) is 0 Å². The second kappa shape index (κ2) is 7.24. The van der Waals surface area contributed by atoms with E-state index in [-0.39, 0.29) is 0 Å². The molecule has 0 aromatic rings. The zero-order valence-electron chi connectivity index (χ0n) is 10.6. The SMILES string of the molecule is C/C=C\[Si](C)(C)CCCN(C)CCC. The van der Waals surface area contributed by atoms with Gasteiger partial charge in [-0.3, -0.25) is 0 Å². The highest BCUT2D eigenvalue weighted by Crippen LogP contribution is 2.13. The smallest absolute Gasteiger partial charge is 0.0713 e. The maximum Gasteiger partial charge on any atom is 0.0713 e. The van der Waals surface area contributed by atoms with E-state index in [1.807, 2.05) is 0 Å². The van der Waals surface area contributed by atoms with Crippen LogP contribution in [0.5, 0.6) is 0 Å². The average Bonchev–Trinajstić information content (AvgIpc) is 2.03. The van der Waals surface area contributed by atoms with Crippen LogP contribution in [0.15, 0.2) is 11.8 Å². The standard InChI is InChI=1S/C12H27NSi/c1-6-9-13(3)10-8-12-14(4,5)11-7-2/h7,11H,6,8-10,12H2,1-5H3/b11-7-. The molecule has 0 aromatic carbocycles. The lowest BCUT2D eigenvalue weighted by Crippen LogP contribution is -2.26. The predicted octanol–water partition coefficient (Wildman–Crippen LogP) is 3.54. The molecule has 0 N–H and O–H groups in total. The van der Waals surface area contributed by atoms with Crippen molar-refractivity contribution in [3.8, 4) is 0 Å². The number of hydrogen-bond acceptors (Lipinski definition) is 1. The summed E-state index contributed by atoms with van der Waals surface area (Å²) in [5, 5.41) is 0. The second-order valence-electron chi connectivity index (χ2n) is 4.90. The van der Waals surface area contributed by atoms with Crippen LogP contribution in [0.3, 0.4) is 0 Å². The monoisotopic (exact) mass is 213 g/mol. The van der Waals surface area contributed by atoms with E-state index in [1.165, 1.54) is 32.0 Å². The van der Waals surface area contributed by atoms with E-state index in [1.54, 1.807) is 0 Å². The number of allylic oxidation sites excluding steroid dienone is 1. The molecule has 0 aliphatic rings. The fourth-order valence-electron chi connectivity index (χ4n) is 1.83. The van der Waals surface area contributed by atoms with Gasteiger partial charge in [0.15, 0.2) is 0 Å². The van der Waals surface area contributed by atoms with Gasteiger partial charge in [0.25, 0.3) is 0 Å². The lowest BCUT2D eigenvalue weighted by molar-refractivity contribution is 0.335. The van der Waals surface area contributed by atoms with E-state index in [0.717, 1.165) is 0 Å². The summed E-state index contributed by atoms with van der Waals surface area (Å²) >= 11 is 0. The van der Waals surface area contributed by atoms with E-state index in [9.17, 15) is 0 Å². The Balaban J connectivity index is 3.62. The van der Waals surface area contributed by atoms with Crippen molar-refractivity contribution in [3.05, 3.63) is 11.8 Å². The van der Waals surface area contributed by atoms with Gasteiger partial charge in [-0.05, 0) is 39.9 Å². The highest BCUT2D eigenvalue weighted by atomic mass is 28.3. The highest BCUT2D eigenvalue weighted by Gasteiger charge is 2.15. The fourth-order valence-corrected chi connectivity index (χ4v) is 3.97. The van der Waals surface area contributed by atoms with Crippen LogP contribution in [0.4, 0.5) is 0 Å². The Morgan fingerprint density at radius 2 is 1.86 bits per heavy atom. The van der Waals surface area contributed by atoms with Crippen LogP contribution in [0.25, 0.3) is 0 Å². The van der Waals surface area contributed by atoms with E-state index < -0.39 is 8.07 Å². The minimum Gasteiger partial charge on any atom is -0.306 e. The molecule has 0 aliphatic carbocycles. The topological polar surface area (TPSA) is 3.24 Å². The van der Waals surface area contributed by atoms with E-state index in [2.05, 4.69) is 50.7 Å². The molecule has 0 unspecified atom stereocenters. The zero-order valence-corrected chi connectivity index (χ0v) is 11.6. The van der Waals surface area contributed by atoms with Crippen molar-refractivity contribution < 1.29 is 0 Å². The molecule has 0 saturated heterocycles. The first-order valence-electron chi connectivity index (χ1n) is 5.84. The van der Waals surface area contributed by atoms with Gasteiger partial charge in [0.1, 0.15) is 0 Å². The van der Waals surface area contributed by atoms with Gasteiger partial charge in [-0.1, -0.05) is 37.8 Å². The largest absolute Gasteiger partial charge is 0.306 e. The summed E-state index contributed by atoms with van der Waals surface area (Å²) in [6.07, 6.45) is 4.86. The Bertz CT molecular complexity index is 164. The Hall–Kier alpha value is -0.0831. The van der Waals surface area contributed by atoms with Crippen LogP contribution < -0.4 is 0 Å². The lowest BCUT2D eigenvalue weighted by atomic mass is 10.4. The molecule has 0 bridgehead atoms. The summed E-state index contributed by atoms with van der Waals surface area (Å²) < 4.78 is 0. The molecule has 1 nitrogen and oxygen atoms in total. The molecule has 0 spiro atoms. The van der Waals surface area contributed by atoms with Crippen molar-refractivity contribution in [2.24, 2.45) is 0 Å². The lowest BCUT2D eigenvalue weighted by Gasteiger charge is -2.20. The third-order valence-electron chi connectivity index (χ3n) is 2.58. The Kier molecular flexibility index (Phi) is 7.20. The summed E-state index contributed by atoms with van der Waals surface area (Å²) in [6, 6.07) is 1.42. The van der Waals surface area contributed by atoms with Crippen LogP contribution in [0.2, 0.25) is 19.1 Å². The summed E-state index contributed by atoms with van der Waals surface area (Å²) in [4.78, 5) is 2.44. The number of nitrogens with zero attached hydrogens (tertiary/aromatic N) is 1. The molecular weight excluding hydrogens is 186 g/mol. The van der Waals surface area contributed by atoms with Gasteiger partial charge in [-0.15, -0.1) is 0 Å². The van der Waals surface area contributed by atoms with Crippen LogP contribution in [-0.4, -0.2) is 33.1 Å². The second-order valence-corrected chi connectivity index (χ2v) is 9.71. The molecule has 14 heavy (non-hydrogen) atoms. The van der Waals surface area contributed by atoms with E-state index >= 15 is 0 Å². The van der Waals surface area contributed by atoms with Gasteiger partial charge >= 0.3 is 0 Å². The number of hydrogen-bond donors (Lipinski definition) is 0. The summed E-state index contributed by atoms with van der Waals surface area (Å²) in [6.45, 7) is 11.8. The van der Waals surface area contributed by atoms with Crippen LogP contribution in [0.1, 0.15) is 26.7 Å². The average molecular weight is 213 g/mol. The van der Waals surface area contributed by atoms with Gasteiger partial charge in [0.2, 0.25) is 0 Å². The highest BCUT2D eigenvalue weighted by molar-refractivity contribution is 6.82. The van der Waals surface area contributed by atoms with Gasteiger partial charge < -0.3 is 4.90 Å². The molecule has 2 heteroatoms. The maximum atomic E-state index is 2.45. The zero-order chi connectivity index (χ0) is 11.0. The van der Waals surface area contributed by atoms with Crippen LogP contribution in [0, 0.1) is 0 Å². The molecule has 0 amide bonds. The van der Waals surface area contributed by atoms with Crippen molar-refractivity contribution in [1.82, 2.24) is 4.90 Å². The molecule has 0 heterocycles. The van der Waals surface area contributed by atoms with E-state index in [4.69, 9.17) is 0 Å². The first-order chi connectivity index (χ1) is 6.52. The van der Waals surface area contributed by atoms with Crippen LogP contribution >= 0.6 is 0 Å². The predicted molar refractivity (Wildman–Crippen MR) is 69.5 cm³/mol. The van der Waals surface area contributed by atoms with Gasteiger partial charge in [-0.2, -0.15) is 0 Å². The third-order valence-corrected chi connectivity index (χ3v) is 5.46. The molecule has 0 rings (SSSR count). The van der Waals surface area contributed by atoms with Crippen LogP contribution in [-0.2, 0) is 0 Å². The van der Waals surface area contributed by atoms with Gasteiger partial charge in [0.05, 0.1) is 8.07 Å². The van der Waals surface area contributed by atoms with Crippen molar-refractivity contribution in [2.75, 3.05) is 20.1 Å². The minimum atomic E-state index is -1.00. The maximum absolute atomic E-state index is 2.45. The van der Waals surface area contributed by atoms with Crippen molar-refractivity contribution in [1.29, 1.82) is 0 Å². The number of rotatable bonds is 7. The summed E-state index contributed by atoms with van der Waals surface area (Å²) in [5.41, 5.74) is 2.45. The van der Waals surface area contributed by atoms with E-state index in [0.29, 0.717) is 0 Å². The molecule has 0 radical (unpaired) electrons. The minimum absolute atomic E-state index is 1.00. The van der Waals surface area contributed by atoms with Gasteiger partial charge in [0, 0.05) is 0 Å². The fraction of sp³-hybridized carbons (Fsp3) is 0.833. The molecule has 0 aromatic heterocycles. The quantitative estimate of drug-likeness (QED) is 0.585. The first-order valence-corrected chi connectivity index (χ1v) is 9.12. The summed E-state index contributed by atoms with van der Waals surface area (Å²) in [7, 11) is 1.23. The molecular formula is C12H27NSi. The Labute approximate surface area is 91.2 Å². The summed E-state index contributed by atoms with van der Waals surface area (Å²) in [5.74, 6) is 0. The molecule has 0 atom stereocenters. The Morgan fingerprint density at radius 1 is 1.21 bits per heavy atom. The molecule has 0 saturated carbocycles. The first kappa shape index (κ1) is 13.9. The Morgan fingerprint density at radius 3 is 2.36 bits per heavy atom. The molecule has 0 aliphatic heterocycles. The van der Waals surface area contributed by atoms with Gasteiger partial charge in [-0.25, -0.2) is 0 Å². The molecule has 0 fully saturated rings.